The predicted molar refractivity (Wildman–Crippen MR) is 82.6 cm³/mol. The van der Waals surface area contributed by atoms with Gasteiger partial charge in [0.25, 0.3) is 5.91 Å². The summed E-state index contributed by atoms with van der Waals surface area (Å²) >= 11 is 0. The van der Waals surface area contributed by atoms with Gasteiger partial charge in [0.05, 0.1) is 0 Å². The molecule has 2 heterocycles. The number of piperidine rings is 2. The number of nitrogens with zero attached hydrogens (tertiary/aromatic N) is 1. The van der Waals surface area contributed by atoms with Crippen LogP contribution in [0.5, 0.6) is 0 Å². The minimum Gasteiger partial charge on any atom is -0.316 e. The summed E-state index contributed by atoms with van der Waals surface area (Å²) in [5.41, 5.74) is 3.33. The Balaban J connectivity index is 1.48. The molecule has 0 radical (unpaired) electrons. The Morgan fingerprint density at radius 2 is 2.17 bits per heavy atom. The van der Waals surface area contributed by atoms with Crippen molar-refractivity contribution in [3.8, 4) is 0 Å². The number of carbonyl (C=O) groups is 1. The highest BCUT2D eigenvalue weighted by molar-refractivity contribution is 5.93. The molecule has 1 aromatic rings. The van der Waals surface area contributed by atoms with Crippen LogP contribution in [0.4, 0.5) is 4.39 Å². The van der Waals surface area contributed by atoms with E-state index in [1.807, 2.05) is 0 Å². The number of fused-ring (bicyclic) bond motifs is 3. The van der Waals surface area contributed by atoms with Gasteiger partial charge in [0.2, 0.25) is 0 Å². The molecule has 2 fully saturated rings. The molecule has 1 saturated heterocycles. The summed E-state index contributed by atoms with van der Waals surface area (Å²) in [4.78, 5) is 13.8. The zero-order valence-electron chi connectivity index (χ0n) is 13.0. The maximum Gasteiger partial charge on any atom is 0.274 e. The van der Waals surface area contributed by atoms with E-state index < -0.39 is 5.91 Å². The fourth-order valence-electron chi connectivity index (χ4n) is 4.47. The summed E-state index contributed by atoms with van der Waals surface area (Å²) < 4.78 is 14.4. The molecule has 2 aliphatic heterocycles. The number of hydrogen-bond acceptors (Lipinski definition) is 4. The molecular weight excluding hydrogens is 297 g/mol. The first-order valence-electron chi connectivity index (χ1n) is 8.34. The van der Waals surface area contributed by atoms with Crippen molar-refractivity contribution in [3.63, 3.8) is 0 Å². The van der Waals surface area contributed by atoms with Gasteiger partial charge in [-0.05, 0) is 61.4 Å². The molecule has 23 heavy (non-hydrogen) atoms. The number of amides is 1. The van der Waals surface area contributed by atoms with E-state index in [4.69, 9.17) is 5.21 Å². The van der Waals surface area contributed by atoms with Crippen molar-refractivity contribution in [2.24, 2.45) is 17.8 Å². The van der Waals surface area contributed by atoms with Gasteiger partial charge in [-0.25, -0.2) is 9.87 Å². The second kappa shape index (κ2) is 5.85. The zero-order chi connectivity index (χ0) is 16.0. The summed E-state index contributed by atoms with van der Waals surface area (Å²) in [5, 5.41) is 12.2. The van der Waals surface area contributed by atoms with E-state index in [9.17, 15) is 9.18 Å². The normalized spacial score (nSPS) is 29.6. The summed E-state index contributed by atoms with van der Waals surface area (Å²) in [6.07, 6.45) is 2.09. The van der Waals surface area contributed by atoms with Crippen LogP contribution in [0.1, 0.15) is 27.9 Å². The molecule has 3 N–H and O–H groups in total. The van der Waals surface area contributed by atoms with Crippen LogP contribution < -0.4 is 10.8 Å². The Morgan fingerprint density at radius 1 is 1.39 bits per heavy atom. The molecule has 1 aliphatic carbocycles. The second-order valence-electron chi connectivity index (χ2n) is 7.10. The zero-order valence-corrected chi connectivity index (χ0v) is 13.0. The highest BCUT2D eigenvalue weighted by Crippen LogP contribution is 2.43. The number of hydroxylamine groups is 1. The molecule has 1 amide bonds. The van der Waals surface area contributed by atoms with Crippen LogP contribution in [0.25, 0.3) is 0 Å². The van der Waals surface area contributed by atoms with Crippen molar-refractivity contribution < 1.29 is 14.4 Å². The van der Waals surface area contributed by atoms with Crippen LogP contribution in [-0.2, 0) is 13.0 Å². The van der Waals surface area contributed by atoms with E-state index in [0.29, 0.717) is 12.1 Å². The number of rotatable bonds is 3. The summed E-state index contributed by atoms with van der Waals surface area (Å²) in [5.74, 6) is 1.32. The Hall–Kier alpha value is -1.50. The van der Waals surface area contributed by atoms with E-state index in [2.05, 4.69) is 10.2 Å². The molecule has 124 valence electrons. The molecule has 1 aromatic carbocycles. The van der Waals surface area contributed by atoms with Crippen molar-refractivity contribution in [1.82, 2.24) is 15.7 Å². The highest BCUT2D eigenvalue weighted by Gasteiger charge is 2.44. The highest BCUT2D eigenvalue weighted by atomic mass is 19.1. The Morgan fingerprint density at radius 3 is 2.87 bits per heavy atom. The summed E-state index contributed by atoms with van der Waals surface area (Å²) in [6, 6.07) is 2.92. The molecule has 1 saturated carbocycles. The minimum absolute atomic E-state index is 0.178. The van der Waals surface area contributed by atoms with Crippen molar-refractivity contribution in [1.29, 1.82) is 0 Å². The third kappa shape index (κ3) is 2.65. The van der Waals surface area contributed by atoms with Crippen molar-refractivity contribution in [2.75, 3.05) is 26.2 Å². The van der Waals surface area contributed by atoms with E-state index in [1.165, 1.54) is 12.5 Å². The summed E-state index contributed by atoms with van der Waals surface area (Å²) in [6.45, 7) is 4.82. The van der Waals surface area contributed by atoms with Gasteiger partial charge in [-0.2, -0.15) is 0 Å². The maximum absolute atomic E-state index is 14.4. The maximum atomic E-state index is 14.4. The van der Waals surface area contributed by atoms with Crippen LogP contribution in [0, 0.1) is 23.6 Å². The first-order valence-corrected chi connectivity index (χ1v) is 8.34. The van der Waals surface area contributed by atoms with Crippen LogP contribution >= 0.6 is 0 Å². The van der Waals surface area contributed by atoms with E-state index in [1.54, 1.807) is 11.5 Å². The molecular formula is C17H22FN3O2. The molecule has 2 atom stereocenters. The van der Waals surface area contributed by atoms with Gasteiger partial charge in [-0.1, -0.05) is 0 Å². The third-order valence-corrected chi connectivity index (χ3v) is 5.83. The van der Waals surface area contributed by atoms with Gasteiger partial charge < -0.3 is 5.32 Å². The second-order valence-corrected chi connectivity index (χ2v) is 7.10. The van der Waals surface area contributed by atoms with E-state index in [0.717, 1.165) is 55.9 Å². The lowest BCUT2D eigenvalue weighted by Gasteiger charge is -2.51. The lowest BCUT2D eigenvalue weighted by Crippen LogP contribution is -2.56. The number of hydrogen-bond donors (Lipinski definition) is 3. The van der Waals surface area contributed by atoms with Crippen molar-refractivity contribution in [3.05, 3.63) is 34.6 Å². The van der Waals surface area contributed by atoms with Gasteiger partial charge in [0.15, 0.2) is 0 Å². The molecule has 2 bridgehead atoms. The Bertz CT molecular complexity index is 623. The predicted octanol–water partition coefficient (Wildman–Crippen LogP) is 1.16. The molecule has 4 rings (SSSR count). The quantitative estimate of drug-likeness (QED) is 0.578. The van der Waals surface area contributed by atoms with Gasteiger partial charge in [0.1, 0.15) is 5.82 Å². The average Bonchev–Trinajstić information content (AvgIpc) is 2.59. The van der Waals surface area contributed by atoms with Gasteiger partial charge in [-0.3, -0.25) is 14.9 Å². The average molecular weight is 319 g/mol. The molecule has 5 nitrogen and oxygen atoms in total. The number of carbonyl (C=O) groups excluding carboxylic acids is 1. The molecule has 3 aliphatic rings. The fourth-order valence-corrected chi connectivity index (χ4v) is 4.47. The van der Waals surface area contributed by atoms with Crippen molar-refractivity contribution >= 4 is 5.91 Å². The fraction of sp³-hybridized carbons (Fsp3) is 0.588. The van der Waals surface area contributed by atoms with Crippen LogP contribution in [0.2, 0.25) is 0 Å². The molecule has 0 spiro atoms. The monoisotopic (exact) mass is 319 g/mol. The number of nitrogens with one attached hydrogen (secondary N) is 2. The first-order chi connectivity index (χ1) is 11.2. The molecule has 0 aromatic heterocycles. The standard InChI is InChI=1S/C17H22FN3O2/c18-16-5-11(17(22)20-23)3-10-1-2-21(9-15(10)16)8-14-12-4-13(14)7-19-6-12/h3,5,12-14,19,23H,1-2,4,6-9H2,(H,20,22). The SMILES string of the molecule is O=C(NO)c1cc(F)c2c(c1)CCN(CC1C3CNCC1C3)C2. The van der Waals surface area contributed by atoms with E-state index in [-0.39, 0.29) is 11.4 Å². The molecule has 2 unspecified atom stereocenters. The lowest BCUT2D eigenvalue weighted by molar-refractivity contribution is 0.000576. The van der Waals surface area contributed by atoms with Crippen LogP contribution in [0.3, 0.4) is 0 Å². The third-order valence-electron chi connectivity index (χ3n) is 5.83. The van der Waals surface area contributed by atoms with Gasteiger partial charge in [0, 0.05) is 30.8 Å². The minimum atomic E-state index is -0.663. The molecule has 6 heteroatoms. The van der Waals surface area contributed by atoms with Crippen LogP contribution in [-0.4, -0.2) is 42.2 Å². The lowest BCUT2D eigenvalue weighted by atomic mass is 9.62. The Labute approximate surface area is 134 Å². The van der Waals surface area contributed by atoms with E-state index >= 15 is 0 Å². The first kappa shape index (κ1) is 15.1. The van der Waals surface area contributed by atoms with Crippen molar-refractivity contribution in [2.45, 2.75) is 19.4 Å². The summed E-state index contributed by atoms with van der Waals surface area (Å²) in [7, 11) is 0. The number of benzene rings is 1. The number of halogens is 1. The van der Waals surface area contributed by atoms with Gasteiger partial charge in [-0.15, -0.1) is 0 Å². The topological polar surface area (TPSA) is 64.6 Å². The van der Waals surface area contributed by atoms with Crippen LogP contribution in [0.15, 0.2) is 12.1 Å². The van der Waals surface area contributed by atoms with Gasteiger partial charge >= 0.3 is 0 Å². The Kier molecular flexibility index (Phi) is 3.83. The largest absolute Gasteiger partial charge is 0.316 e. The smallest absolute Gasteiger partial charge is 0.274 e.